The second-order valence-electron chi connectivity index (χ2n) is 11.5. The van der Waals surface area contributed by atoms with Crippen LogP contribution in [0.15, 0.2) is 54.6 Å². The summed E-state index contributed by atoms with van der Waals surface area (Å²) in [7, 11) is 1.45. The Morgan fingerprint density at radius 3 is 2.05 bits per heavy atom. The molecule has 0 amide bonds. The molecule has 0 aliphatic heterocycles. The molecule has 3 rings (SSSR count). The molecular weight excluding hydrogens is 491 g/mol. The fraction of sp³-hybridized carbons (Fsp3) is 0.471. The molecule has 1 atom stereocenters. The molecule has 0 aromatic heterocycles. The zero-order valence-corrected chi connectivity index (χ0v) is 24.9. The number of rotatable bonds is 12. The van der Waals surface area contributed by atoms with Gasteiger partial charge in [0.2, 0.25) is 0 Å². The molecule has 212 valence electrons. The first kappa shape index (κ1) is 30.8. The Labute approximate surface area is 234 Å². The Morgan fingerprint density at radius 2 is 1.51 bits per heavy atom. The minimum Gasteiger partial charge on any atom is -0.491 e. The van der Waals surface area contributed by atoms with E-state index >= 15 is 0 Å². The van der Waals surface area contributed by atoms with Crippen LogP contribution in [0.1, 0.15) is 75.3 Å². The average Bonchev–Trinajstić information content (AvgIpc) is 2.89. The standard InChI is InChI=1S/C34H45FO4/c1-9-34(10-2,28-14-16-31(24(4)20-28)38-22-32(36)33(5,6)7)27-13-15-29(23(3)19-27)26-12-11-25(30(35)21-26)17-18-39-37-8/h11-16,19-21,32,36H,9-10,17-18,22H2,1-8H3. The third kappa shape index (κ3) is 7.08. The topological polar surface area (TPSA) is 47.9 Å². The van der Waals surface area contributed by atoms with Crippen LogP contribution in [0.4, 0.5) is 4.39 Å². The van der Waals surface area contributed by atoms with Gasteiger partial charge in [0.15, 0.2) is 0 Å². The maximum atomic E-state index is 14.8. The van der Waals surface area contributed by atoms with Gasteiger partial charge >= 0.3 is 0 Å². The van der Waals surface area contributed by atoms with Crippen LogP contribution in [0.2, 0.25) is 0 Å². The molecular formula is C34H45FO4. The number of aliphatic hydroxyl groups excluding tert-OH is 1. The van der Waals surface area contributed by atoms with Gasteiger partial charge in [-0.05, 0) is 83.2 Å². The third-order valence-electron chi connectivity index (χ3n) is 8.05. The van der Waals surface area contributed by atoms with Crippen LogP contribution in [0, 0.1) is 25.1 Å². The average molecular weight is 537 g/mol. The van der Waals surface area contributed by atoms with E-state index in [1.54, 1.807) is 6.07 Å². The lowest BCUT2D eigenvalue weighted by atomic mass is 9.69. The van der Waals surface area contributed by atoms with Gasteiger partial charge in [-0.15, -0.1) is 0 Å². The molecule has 0 spiro atoms. The van der Waals surface area contributed by atoms with Gasteiger partial charge in [0.05, 0.1) is 19.8 Å². The van der Waals surface area contributed by atoms with Gasteiger partial charge in [0.25, 0.3) is 0 Å². The van der Waals surface area contributed by atoms with Gasteiger partial charge in [0.1, 0.15) is 18.2 Å². The van der Waals surface area contributed by atoms with Gasteiger partial charge in [-0.2, -0.15) is 0 Å². The molecule has 3 aromatic carbocycles. The lowest BCUT2D eigenvalue weighted by molar-refractivity contribution is -0.271. The van der Waals surface area contributed by atoms with E-state index in [-0.39, 0.29) is 23.3 Å². The number of benzene rings is 3. The molecule has 1 N–H and O–H groups in total. The quantitative estimate of drug-likeness (QED) is 0.144. The van der Waals surface area contributed by atoms with Crippen LogP contribution in [-0.2, 0) is 21.6 Å². The van der Waals surface area contributed by atoms with Crippen LogP contribution < -0.4 is 4.74 Å². The minimum atomic E-state index is -0.544. The van der Waals surface area contributed by atoms with Crippen molar-refractivity contribution in [3.63, 3.8) is 0 Å². The van der Waals surface area contributed by atoms with E-state index in [9.17, 15) is 9.50 Å². The largest absolute Gasteiger partial charge is 0.491 e. The van der Waals surface area contributed by atoms with Crippen molar-refractivity contribution < 1.29 is 24.0 Å². The fourth-order valence-corrected chi connectivity index (χ4v) is 5.20. The predicted octanol–water partition coefficient (Wildman–Crippen LogP) is 8.12. The number of halogens is 1. The summed E-state index contributed by atoms with van der Waals surface area (Å²) in [6.07, 6.45) is 1.79. The highest BCUT2D eigenvalue weighted by Gasteiger charge is 2.32. The number of hydrogen-bond donors (Lipinski definition) is 1. The maximum Gasteiger partial charge on any atom is 0.127 e. The van der Waals surface area contributed by atoms with Crippen LogP contribution in [-0.4, -0.2) is 31.5 Å². The van der Waals surface area contributed by atoms with Gasteiger partial charge in [-0.3, -0.25) is 0 Å². The molecule has 0 saturated carbocycles. The van der Waals surface area contributed by atoms with Gasteiger partial charge in [-0.25, -0.2) is 14.2 Å². The molecule has 0 radical (unpaired) electrons. The van der Waals surface area contributed by atoms with Crippen LogP contribution in [0.5, 0.6) is 5.75 Å². The second-order valence-corrected chi connectivity index (χ2v) is 11.5. The Bertz CT molecular complexity index is 1240. The summed E-state index contributed by atoms with van der Waals surface area (Å²) < 4.78 is 20.8. The highest BCUT2D eigenvalue weighted by molar-refractivity contribution is 5.68. The van der Waals surface area contributed by atoms with Gasteiger partial charge in [0, 0.05) is 11.8 Å². The van der Waals surface area contributed by atoms with E-state index in [4.69, 9.17) is 9.62 Å². The zero-order chi connectivity index (χ0) is 28.8. The summed E-state index contributed by atoms with van der Waals surface area (Å²) in [4.78, 5) is 9.50. The van der Waals surface area contributed by atoms with Crippen LogP contribution in [0.25, 0.3) is 11.1 Å². The second kappa shape index (κ2) is 13.1. The first-order valence-corrected chi connectivity index (χ1v) is 13.9. The van der Waals surface area contributed by atoms with Crippen LogP contribution >= 0.6 is 0 Å². The SMILES string of the molecule is CCC(CC)(c1ccc(OCC(O)C(C)(C)C)c(C)c1)c1ccc(-c2ccc(CCOOC)c(F)c2)c(C)c1. The Kier molecular flexibility index (Phi) is 10.3. The summed E-state index contributed by atoms with van der Waals surface area (Å²) in [6, 6.07) is 18.4. The van der Waals surface area contributed by atoms with E-state index in [0.717, 1.165) is 40.8 Å². The molecule has 1 unspecified atom stereocenters. The first-order valence-electron chi connectivity index (χ1n) is 13.9. The minimum absolute atomic E-state index is 0.159. The molecule has 0 bridgehead atoms. The first-order chi connectivity index (χ1) is 18.5. The number of ether oxygens (including phenoxy) is 1. The fourth-order valence-electron chi connectivity index (χ4n) is 5.20. The lowest BCUT2D eigenvalue weighted by Gasteiger charge is -2.34. The van der Waals surface area contributed by atoms with Gasteiger partial charge in [-0.1, -0.05) is 77.1 Å². The third-order valence-corrected chi connectivity index (χ3v) is 8.05. The van der Waals surface area contributed by atoms with Crippen LogP contribution in [0.3, 0.4) is 0 Å². The maximum absolute atomic E-state index is 14.8. The summed E-state index contributed by atoms with van der Waals surface area (Å²) in [5.74, 6) is 0.564. The van der Waals surface area contributed by atoms with E-state index in [1.165, 1.54) is 18.2 Å². The van der Waals surface area contributed by atoms with E-state index in [0.29, 0.717) is 18.6 Å². The van der Waals surface area contributed by atoms with E-state index < -0.39 is 6.10 Å². The van der Waals surface area contributed by atoms with Crippen molar-refractivity contribution in [3.05, 3.63) is 88.2 Å². The van der Waals surface area contributed by atoms with Crippen molar-refractivity contribution in [2.75, 3.05) is 20.3 Å². The van der Waals surface area contributed by atoms with Crippen molar-refractivity contribution in [2.24, 2.45) is 5.41 Å². The Balaban J connectivity index is 1.89. The molecule has 0 fully saturated rings. The molecule has 0 heterocycles. The Morgan fingerprint density at radius 1 is 0.872 bits per heavy atom. The molecule has 0 saturated heterocycles. The van der Waals surface area contributed by atoms with Crippen molar-refractivity contribution in [1.82, 2.24) is 0 Å². The molecule has 0 aliphatic carbocycles. The van der Waals surface area contributed by atoms with Crippen molar-refractivity contribution >= 4 is 0 Å². The molecule has 39 heavy (non-hydrogen) atoms. The van der Waals surface area contributed by atoms with Gasteiger partial charge < -0.3 is 9.84 Å². The summed E-state index contributed by atoms with van der Waals surface area (Å²) in [6.45, 7) is 15.2. The highest BCUT2D eigenvalue weighted by atomic mass is 19.1. The number of aryl methyl sites for hydroxylation is 2. The summed E-state index contributed by atoms with van der Waals surface area (Å²) in [5, 5.41) is 10.4. The molecule has 5 heteroatoms. The van der Waals surface area contributed by atoms with E-state index in [2.05, 4.69) is 62.9 Å². The van der Waals surface area contributed by atoms with Crippen molar-refractivity contribution in [2.45, 2.75) is 79.2 Å². The summed E-state index contributed by atoms with van der Waals surface area (Å²) in [5.41, 5.74) is 6.77. The number of aliphatic hydroxyl groups is 1. The molecule has 4 nitrogen and oxygen atoms in total. The zero-order valence-electron chi connectivity index (χ0n) is 24.9. The monoisotopic (exact) mass is 536 g/mol. The molecule has 0 aliphatic rings. The highest BCUT2D eigenvalue weighted by Crippen LogP contribution is 2.42. The Hall–Kier alpha value is -2.73. The van der Waals surface area contributed by atoms with Crippen molar-refractivity contribution in [1.29, 1.82) is 0 Å². The normalized spacial score (nSPS) is 13.0. The summed E-state index contributed by atoms with van der Waals surface area (Å²) >= 11 is 0. The lowest BCUT2D eigenvalue weighted by Crippen LogP contribution is -2.32. The molecule has 3 aromatic rings. The van der Waals surface area contributed by atoms with Crippen molar-refractivity contribution in [3.8, 4) is 16.9 Å². The number of hydrogen-bond acceptors (Lipinski definition) is 4. The smallest absolute Gasteiger partial charge is 0.127 e. The predicted molar refractivity (Wildman–Crippen MR) is 157 cm³/mol. The van der Waals surface area contributed by atoms with E-state index in [1.807, 2.05) is 39.0 Å².